The van der Waals surface area contributed by atoms with Crippen molar-refractivity contribution in [3.05, 3.63) is 75.7 Å². The van der Waals surface area contributed by atoms with Crippen LogP contribution in [0.3, 0.4) is 0 Å². The number of rotatable bonds is 20. The van der Waals surface area contributed by atoms with Crippen molar-refractivity contribution in [3.8, 4) is 5.75 Å². The average Bonchev–Trinajstić information content (AvgIpc) is 3.36. The minimum absolute atomic E-state index is 0. The molecule has 0 saturated heterocycles. The molecule has 2 aromatic carbocycles. The summed E-state index contributed by atoms with van der Waals surface area (Å²) in [5.74, 6) is 0.374. The zero-order valence-electron chi connectivity index (χ0n) is 25.8. The average molecular weight is 658 g/mol. The normalized spacial score (nSPS) is 10.7. The highest BCUT2D eigenvalue weighted by molar-refractivity contribution is 7.09. The van der Waals surface area contributed by atoms with Gasteiger partial charge < -0.3 is 27.0 Å². The molecule has 1 N–H and O–H groups in total. The van der Waals surface area contributed by atoms with Crippen LogP contribution in [0.25, 0.3) is 0 Å². The Morgan fingerprint density at radius 1 is 0.881 bits per heavy atom. The summed E-state index contributed by atoms with van der Waals surface area (Å²) < 4.78 is 8.30. The second kappa shape index (κ2) is 20.4. The number of hydrogen-bond acceptors (Lipinski definition) is 4. The van der Waals surface area contributed by atoms with Gasteiger partial charge in [0.15, 0.2) is 18.5 Å². The number of thiazole rings is 1. The lowest BCUT2D eigenvalue weighted by molar-refractivity contribution is -0.683. The van der Waals surface area contributed by atoms with Gasteiger partial charge in [-0.15, -0.1) is 0 Å². The number of aryl methyl sites for hydroxylation is 1. The summed E-state index contributed by atoms with van der Waals surface area (Å²) in [6, 6.07) is 13.4. The highest BCUT2D eigenvalue weighted by Gasteiger charge is 2.16. The van der Waals surface area contributed by atoms with Crippen molar-refractivity contribution < 1.29 is 35.9 Å². The summed E-state index contributed by atoms with van der Waals surface area (Å²) in [5.41, 5.74) is 5.27. The van der Waals surface area contributed by atoms with Gasteiger partial charge in [-0.1, -0.05) is 113 Å². The van der Waals surface area contributed by atoms with Gasteiger partial charge in [0.2, 0.25) is 11.4 Å². The highest BCUT2D eigenvalue weighted by atomic mass is 79.9. The van der Waals surface area contributed by atoms with Crippen LogP contribution in [0.1, 0.15) is 117 Å². The Bertz CT molecular complexity index is 1230. The fraction of sp³-hybridized carbons (Fsp3) is 0.514. The molecule has 0 spiro atoms. The molecule has 0 atom stereocenters. The van der Waals surface area contributed by atoms with E-state index in [-0.39, 0.29) is 35.1 Å². The van der Waals surface area contributed by atoms with Gasteiger partial charge in [0.25, 0.3) is 0 Å². The molecule has 5 nitrogen and oxygen atoms in total. The van der Waals surface area contributed by atoms with E-state index in [1.54, 1.807) is 24.3 Å². The number of carbonyl (C=O) groups excluding carboxylic acids is 2. The summed E-state index contributed by atoms with van der Waals surface area (Å²) in [6.45, 7) is 7.22. The zero-order valence-corrected chi connectivity index (χ0v) is 28.2. The van der Waals surface area contributed by atoms with Crippen LogP contribution < -0.4 is 31.6 Å². The molecule has 0 fully saturated rings. The SMILES string of the molecule is CCCCCCCCCCCCCCOc1c(CC(=O)Nc2cccc(C[n+]3csc(C)c3)c2)cccc1C(C)=O.[Br-]. The molecular weight excluding hydrogens is 608 g/mol. The van der Waals surface area contributed by atoms with E-state index in [1.165, 1.54) is 69.1 Å². The Kier molecular flexibility index (Phi) is 17.3. The minimum atomic E-state index is -0.128. The number of unbranched alkanes of at least 4 members (excludes halogenated alkanes) is 11. The molecule has 0 saturated carbocycles. The molecule has 0 aliphatic carbocycles. The van der Waals surface area contributed by atoms with Crippen LogP contribution in [0, 0.1) is 6.92 Å². The summed E-state index contributed by atoms with van der Waals surface area (Å²) in [6.07, 6.45) is 17.7. The largest absolute Gasteiger partial charge is 1.00 e. The molecule has 1 aromatic heterocycles. The number of carbonyl (C=O) groups is 2. The van der Waals surface area contributed by atoms with Crippen molar-refractivity contribution in [1.82, 2.24) is 0 Å². The molecule has 0 bridgehead atoms. The number of amides is 1. The van der Waals surface area contributed by atoms with E-state index < -0.39 is 0 Å². The second-order valence-electron chi connectivity index (χ2n) is 11.1. The van der Waals surface area contributed by atoms with Crippen LogP contribution in [0.4, 0.5) is 5.69 Å². The molecular formula is C35H49BrN2O3S. The number of anilines is 1. The van der Waals surface area contributed by atoms with Gasteiger partial charge in [-0.05, 0) is 38.5 Å². The maximum Gasteiger partial charge on any atom is 0.228 e. The second-order valence-corrected chi connectivity index (χ2v) is 12.2. The van der Waals surface area contributed by atoms with E-state index in [9.17, 15) is 9.59 Å². The molecule has 0 aliphatic rings. The quantitative estimate of drug-likeness (QED) is 0.0942. The van der Waals surface area contributed by atoms with Crippen molar-refractivity contribution in [2.75, 3.05) is 11.9 Å². The van der Waals surface area contributed by atoms with E-state index in [2.05, 4.69) is 41.5 Å². The minimum Gasteiger partial charge on any atom is -1.00 e. The lowest BCUT2D eigenvalue weighted by Crippen LogP contribution is -3.00. The van der Waals surface area contributed by atoms with Crippen LogP contribution in [0.15, 0.2) is 54.2 Å². The van der Waals surface area contributed by atoms with Crippen molar-refractivity contribution in [2.45, 2.75) is 111 Å². The first kappa shape index (κ1) is 35.7. The maximum absolute atomic E-state index is 13.0. The number of halogens is 1. The van der Waals surface area contributed by atoms with Crippen LogP contribution in [0.2, 0.25) is 0 Å². The van der Waals surface area contributed by atoms with Crippen molar-refractivity contribution in [2.24, 2.45) is 0 Å². The fourth-order valence-electron chi connectivity index (χ4n) is 5.15. The summed E-state index contributed by atoms with van der Waals surface area (Å²) in [7, 11) is 0. The summed E-state index contributed by atoms with van der Waals surface area (Å²) in [5, 5.41) is 3.03. The van der Waals surface area contributed by atoms with Gasteiger partial charge >= 0.3 is 0 Å². The third-order valence-electron chi connectivity index (χ3n) is 7.37. The van der Waals surface area contributed by atoms with Crippen LogP contribution >= 0.6 is 11.3 Å². The predicted molar refractivity (Wildman–Crippen MR) is 170 cm³/mol. The molecule has 1 heterocycles. The first-order chi connectivity index (χ1) is 20.0. The lowest BCUT2D eigenvalue weighted by atomic mass is 10.0. The number of aromatic nitrogens is 1. The summed E-state index contributed by atoms with van der Waals surface area (Å²) >= 11 is 1.72. The Morgan fingerprint density at radius 2 is 1.52 bits per heavy atom. The lowest BCUT2D eigenvalue weighted by Gasteiger charge is -2.15. The first-order valence-corrected chi connectivity index (χ1v) is 16.4. The number of benzene rings is 2. The van der Waals surface area contributed by atoms with Crippen molar-refractivity contribution >= 4 is 28.7 Å². The monoisotopic (exact) mass is 656 g/mol. The number of nitrogens with zero attached hydrogens (tertiary/aromatic N) is 1. The Hall–Kier alpha value is -2.51. The summed E-state index contributed by atoms with van der Waals surface area (Å²) in [4.78, 5) is 26.6. The van der Waals surface area contributed by atoms with E-state index in [4.69, 9.17) is 4.74 Å². The van der Waals surface area contributed by atoms with Crippen LogP contribution in [0.5, 0.6) is 5.75 Å². The van der Waals surface area contributed by atoms with Gasteiger partial charge in [-0.2, -0.15) is 4.57 Å². The third kappa shape index (κ3) is 13.2. The van der Waals surface area contributed by atoms with E-state index >= 15 is 0 Å². The van der Waals surface area contributed by atoms with Gasteiger partial charge in [-0.25, -0.2) is 0 Å². The van der Waals surface area contributed by atoms with Gasteiger partial charge in [-0.3, -0.25) is 9.59 Å². The molecule has 0 unspecified atom stereocenters. The molecule has 230 valence electrons. The molecule has 7 heteroatoms. The number of para-hydroxylation sites is 1. The number of nitrogens with one attached hydrogen (secondary N) is 1. The van der Waals surface area contributed by atoms with Gasteiger partial charge in [0.05, 0.1) is 23.5 Å². The highest BCUT2D eigenvalue weighted by Crippen LogP contribution is 2.26. The van der Waals surface area contributed by atoms with Crippen molar-refractivity contribution in [3.63, 3.8) is 0 Å². The smallest absolute Gasteiger partial charge is 0.228 e. The molecule has 1 amide bonds. The van der Waals surface area contributed by atoms with Crippen LogP contribution in [-0.2, 0) is 17.8 Å². The van der Waals surface area contributed by atoms with E-state index in [1.807, 2.05) is 30.3 Å². The third-order valence-corrected chi connectivity index (χ3v) is 8.22. The van der Waals surface area contributed by atoms with E-state index in [0.29, 0.717) is 17.9 Å². The molecule has 42 heavy (non-hydrogen) atoms. The van der Waals surface area contributed by atoms with Gasteiger partial charge in [0, 0.05) is 16.8 Å². The van der Waals surface area contributed by atoms with Crippen molar-refractivity contribution in [1.29, 1.82) is 0 Å². The van der Waals surface area contributed by atoms with Gasteiger partial charge in [0.1, 0.15) is 5.75 Å². The topological polar surface area (TPSA) is 59.3 Å². The van der Waals surface area contributed by atoms with Crippen LogP contribution in [-0.4, -0.2) is 18.3 Å². The number of ether oxygens (including phenoxy) is 1. The predicted octanol–water partition coefficient (Wildman–Crippen LogP) is 5.86. The Morgan fingerprint density at radius 3 is 2.14 bits per heavy atom. The number of hydrogen-bond donors (Lipinski definition) is 1. The van der Waals surface area contributed by atoms with E-state index in [0.717, 1.165) is 36.2 Å². The standard InChI is InChI=1S/C35H48N2O3S.BrH/c1-4-5-6-7-8-9-10-11-12-13-14-15-22-40-35-31(19-17-21-33(35)29(3)38)24-34(39)36-32-20-16-18-30(23-32)26-37-25-28(2)41-27-37;/h16-21,23,25,27H,4-15,22,24,26H2,1-3H3;1H. The first-order valence-electron chi connectivity index (χ1n) is 15.5. The molecule has 0 aliphatic heterocycles. The Labute approximate surface area is 267 Å². The fourth-order valence-corrected chi connectivity index (χ4v) is 5.79. The molecule has 3 aromatic rings. The molecule has 0 radical (unpaired) electrons. The number of ketones is 1. The Balaban J connectivity index is 0.00000616. The molecule has 3 rings (SSSR count). The zero-order chi connectivity index (χ0) is 29.3. The number of Topliss-reactive ketones (excluding diaryl/α,β-unsaturated/α-hetero) is 1. The maximum atomic E-state index is 13.0.